The Bertz CT molecular complexity index is 328. The van der Waals surface area contributed by atoms with Crippen LogP contribution in [-0.4, -0.2) is 32.5 Å². The first-order valence-corrected chi connectivity index (χ1v) is 6.23. The summed E-state index contributed by atoms with van der Waals surface area (Å²) in [4.78, 5) is 0. The molecule has 0 bridgehead atoms. The maximum atomic E-state index is 5.45. The average molecular weight is 235 g/mol. The molecular formula is C14H21NO2. The van der Waals surface area contributed by atoms with E-state index in [-0.39, 0.29) is 6.10 Å². The van der Waals surface area contributed by atoms with Gasteiger partial charge in [-0.3, -0.25) is 0 Å². The average Bonchev–Trinajstić information content (AvgIpc) is 2.40. The van der Waals surface area contributed by atoms with Crippen molar-refractivity contribution in [2.45, 2.75) is 31.5 Å². The van der Waals surface area contributed by atoms with Gasteiger partial charge in [0.25, 0.3) is 0 Å². The van der Waals surface area contributed by atoms with Gasteiger partial charge in [0.1, 0.15) is 0 Å². The van der Waals surface area contributed by atoms with Crippen molar-refractivity contribution in [3.8, 4) is 0 Å². The second-order valence-electron chi connectivity index (χ2n) is 4.54. The maximum Gasteiger partial charge on any atom is 0.0958 e. The van der Waals surface area contributed by atoms with Crippen molar-refractivity contribution in [3.05, 3.63) is 35.9 Å². The van der Waals surface area contributed by atoms with Gasteiger partial charge in [0, 0.05) is 25.8 Å². The van der Waals surface area contributed by atoms with Crippen LogP contribution < -0.4 is 5.32 Å². The van der Waals surface area contributed by atoms with Crippen LogP contribution in [0.1, 0.15) is 24.9 Å². The molecule has 94 valence electrons. The molecule has 0 saturated carbocycles. The van der Waals surface area contributed by atoms with Crippen LogP contribution in [-0.2, 0) is 9.47 Å². The fourth-order valence-corrected chi connectivity index (χ4v) is 2.29. The SMILES string of the molecule is COC1COCC[C@H]1N[C@H](C)c1ccccc1. The van der Waals surface area contributed by atoms with Crippen LogP contribution in [0.5, 0.6) is 0 Å². The van der Waals surface area contributed by atoms with E-state index < -0.39 is 0 Å². The Kier molecular flexibility index (Phi) is 4.54. The van der Waals surface area contributed by atoms with Gasteiger partial charge in [0.15, 0.2) is 0 Å². The van der Waals surface area contributed by atoms with Gasteiger partial charge >= 0.3 is 0 Å². The van der Waals surface area contributed by atoms with Crippen molar-refractivity contribution >= 4 is 0 Å². The number of benzene rings is 1. The molecule has 17 heavy (non-hydrogen) atoms. The zero-order valence-corrected chi connectivity index (χ0v) is 10.6. The number of rotatable bonds is 4. The minimum atomic E-state index is 0.162. The van der Waals surface area contributed by atoms with Crippen molar-refractivity contribution in [1.29, 1.82) is 0 Å². The van der Waals surface area contributed by atoms with E-state index in [9.17, 15) is 0 Å². The largest absolute Gasteiger partial charge is 0.379 e. The molecule has 0 amide bonds. The Morgan fingerprint density at radius 2 is 2.12 bits per heavy atom. The second-order valence-corrected chi connectivity index (χ2v) is 4.54. The maximum absolute atomic E-state index is 5.45. The fourth-order valence-electron chi connectivity index (χ4n) is 2.29. The Hall–Kier alpha value is -0.900. The van der Waals surface area contributed by atoms with Crippen LogP contribution in [0.3, 0.4) is 0 Å². The summed E-state index contributed by atoms with van der Waals surface area (Å²) < 4.78 is 10.9. The fraction of sp³-hybridized carbons (Fsp3) is 0.571. The normalized spacial score (nSPS) is 26.7. The number of nitrogens with one attached hydrogen (secondary N) is 1. The monoisotopic (exact) mass is 235 g/mol. The van der Waals surface area contributed by atoms with E-state index in [0.717, 1.165) is 13.0 Å². The smallest absolute Gasteiger partial charge is 0.0958 e. The first-order valence-electron chi connectivity index (χ1n) is 6.23. The first kappa shape index (κ1) is 12.6. The van der Waals surface area contributed by atoms with Crippen molar-refractivity contribution in [2.75, 3.05) is 20.3 Å². The lowest BCUT2D eigenvalue weighted by atomic mass is 10.0. The molecule has 1 aromatic rings. The van der Waals surface area contributed by atoms with Gasteiger partial charge in [-0.2, -0.15) is 0 Å². The van der Waals surface area contributed by atoms with Gasteiger partial charge in [0.05, 0.1) is 12.7 Å². The van der Waals surface area contributed by atoms with E-state index >= 15 is 0 Å². The third-order valence-corrected chi connectivity index (χ3v) is 3.37. The van der Waals surface area contributed by atoms with Crippen molar-refractivity contribution in [1.82, 2.24) is 5.32 Å². The summed E-state index contributed by atoms with van der Waals surface area (Å²) in [5, 5.41) is 3.63. The Morgan fingerprint density at radius 1 is 1.35 bits per heavy atom. The Morgan fingerprint density at radius 3 is 2.82 bits per heavy atom. The molecule has 1 fully saturated rings. The zero-order valence-electron chi connectivity index (χ0n) is 10.6. The van der Waals surface area contributed by atoms with Crippen molar-refractivity contribution in [3.63, 3.8) is 0 Å². The van der Waals surface area contributed by atoms with E-state index in [1.165, 1.54) is 5.56 Å². The second kappa shape index (κ2) is 6.15. The molecule has 1 heterocycles. The lowest BCUT2D eigenvalue weighted by molar-refractivity contribution is -0.0518. The molecule has 1 aromatic carbocycles. The minimum Gasteiger partial charge on any atom is -0.379 e. The standard InChI is InChI=1S/C14H21NO2/c1-11(12-6-4-3-5-7-12)15-13-8-9-17-10-14(13)16-2/h3-7,11,13-15H,8-10H2,1-2H3/t11-,13-,14?/m1/s1. The van der Waals surface area contributed by atoms with Gasteiger partial charge in [-0.15, -0.1) is 0 Å². The molecular weight excluding hydrogens is 214 g/mol. The third kappa shape index (κ3) is 3.28. The van der Waals surface area contributed by atoms with Crippen LogP contribution in [0.2, 0.25) is 0 Å². The summed E-state index contributed by atoms with van der Waals surface area (Å²) in [6.07, 6.45) is 1.17. The summed E-state index contributed by atoms with van der Waals surface area (Å²) in [6.45, 7) is 3.70. The quantitative estimate of drug-likeness (QED) is 0.867. The first-order chi connectivity index (χ1) is 8.31. The highest BCUT2D eigenvalue weighted by Crippen LogP contribution is 2.17. The van der Waals surface area contributed by atoms with Crippen LogP contribution in [0.25, 0.3) is 0 Å². The molecule has 1 aliphatic heterocycles. The zero-order chi connectivity index (χ0) is 12.1. The molecule has 1 aliphatic rings. The van der Waals surface area contributed by atoms with E-state index in [1.54, 1.807) is 7.11 Å². The van der Waals surface area contributed by atoms with Gasteiger partial charge < -0.3 is 14.8 Å². The van der Waals surface area contributed by atoms with Crippen LogP contribution >= 0.6 is 0 Å². The molecule has 0 spiro atoms. The van der Waals surface area contributed by atoms with E-state index in [2.05, 4.69) is 36.5 Å². The summed E-state index contributed by atoms with van der Waals surface area (Å²) in [5.74, 6) is 0. The van der Waals surface area contributed by atoms with Crippen LogP contribution in [0, 0.1) is 0 Å². The van der Waals surface area contributed by atoms with Crippen LogP contribution in [0.4, 0.5) is 0 Å². The molecule has 3 nitrogen and oxygen atoms in total. The van der Waals surface area contributed by atoms with Gasteiger partial charge in [-0.05, 0) is 18.9 Å². The summed E-state index contributed by atoms with van der Waals surface area (Å²) in [5.41, 5.74) is 1.31. The highest BCUT2D eigenvalue weighted by Gasteiger charge is 2.26. The molecule has 0 aliphatic carbocycles. The van der Waals surface area contributed by atoms with E-state index in [4.69, 9.17) is 9.47 Å². The highest BCUT2D eigenvalue weighted by atomic mass is 16.5. The summed E-state index contributed by atoms with van der Waals surface area (Å²) in [6, 6.07) is 11.2. The number of hydrogen-bond donors (Lipinski definition) is 1. The molecule has 0 radical (unpaired) electrons. The molecule has 1 saturated heterocycles. The van der Waals surface area contributed by atoms with Gasteiger partial charge in [-0.25, -0.2) is 0 Å². The summed E-state index contributed by atoms with van der Waals surface area (Å²) in [7, 11) is 1.75. The molecule has 3 atom stereocenters. The molecule has 3 heteroatoms. The highest BCUT2D eigenvalue weighted by molar-refractivity contribution is 5.18. The Labute approximate surface area is 103 Å². The predicted molar refractivity (Wildman–Crippen MR) is 68.0 cm³/mol. The van der Waals surface area contributed by atoms with E-state index in [1.807, 2.05) is 6.07 Å². The molecule has 0 aromatic heterocycles. The molecule has 1 unspecified atom stereocenters. The number of ether oxygens (including phenoxy) is 2. The lowest BCUT2D eigenvalue weighted by Gasteiger charge is -2.33. The van der Waals surface area contributed by atoms with E-state index in [0.29, 0.717) is 18.7 Å². The molecule has 1 N–H and O–H groups in total. The van der Waals surface area contributed by atoms with Crippen molar-refractivity contribution < 1.29 is 9.47 Å². The topological polar surface area (TPSA) is 30.5 Å². The van der Waals surface area contributed by atoms with Crippen LogP contribution in [0.15, 0.2) is 30.3 Å². The third-order valence-electron chi connectivity index (χ3n) is 3.37. The lowest BCUT2D eigenvalue weighted by Crippen LogP contribution is -2.48. The summed E-state index contributed by atoms with van der Waals surface area (Å²) >= 11 is 0. The van der Waals surface area contributed by atoms with Gasteiger partial charge in [-0.1, -0.05) is 30.3 Å². The van der Waals surface area contributed by atoms with Gasteiger partial charge in [0.2, 0.25) is 0 Å². The minimum absolute atomic E-state index is 0.162. The Balaban J connectivity index is 1.95. The van der Waals surface area contributed by atoms with Crippen molar-refractivity contribution in [2.24, 2.45) is 0 Å². The molecule has 2 rings (SSSR count). The number of methoxy groups -OCH3 is 1. The predicted octanol–water partition coefficient (Wildman–Crippen LogP) is 2.14. The number of hydrogen-bond acceptors (Lipinski definition) is 3.